The van der Waals surface area contributed by atoms with Crippen LogP contribution in [0.1, 0.15) is 16.7 Å². The summed E-state index contributed by atoms with van der Waals surface area (Å²) in [6, 6.07) is 12.4. The van der Waals surface area contributed by atoms with E-state index in [4.69, 9.17) is 5.73 Å². The molecular formula is C23H19F3N4O. The van der Waals surface area contributed by atoms with Gasteiger partial charge in [0.2, 0.25) is 5.56 Å². The lowest BCUT2D eigenvalue weighted by Gasteiger charge is -2.32. The molecular weight excluding hydrogens is 405 g/mol. The fraction of sp³-hybridized carbons (Fsp3) is 0.130. The summed E-state index contributed by atoms with van der Waals surface area (Å²) >= 11 is 0. The molecule has 0 atom stereocenters. The summed E-state index contributed by atoms with van der Waals surface area (Å²) in [7, 11) is 1.60. The summed E-state index contributed by atoms with van der Waals surface area (Å²) in [6.45, 7) is 0.00817. The van der Waals surface area contributed by atoms with Crippen LogP contribution in [0.4, 0.5) is 13.2 Å². The number of rotatable bonds is 4. The average molecular weight is 424 g/mol. The van der Waals surface area contributed by atoms with Crippen molar-refractivity contribution >= 4 is 17.2 Å². The molecule has 0 saturated carbocycles. The van der Waals surface area contributed by atoms with E-state index < -0.39 is 17.5 Å². The Balaban J connectivity index is 1.93. The highest BCUT2D eigenvalue weighted by Gasteiger charge is 2.26. The van der Waals surface area contributed by atoms with Crippen molar-refractivity contribution in [1.29, 1.82) is 0 Å². The smallest absolute Gasteiger partial charge is 0.250 e. The number of hydrogen-bond donors (Lipinski definition) is 1. The highest BCUT2D eigenvalue weighted by molar-refractivity contribution is 6.00. The van der Waals surface area contributed by atoms with Crippen molar-refractivity contribution in [2.45, 2.75) is 6.54 Å². The van der Waals surface area contributed by atoms with E-state index >= 15 is 0 Å². The van der Waals surface area contributed by atoms with Crippen molar-refractivity contribution in [2.75, 3.05) is 6.54 Å². The van der Waals surface area contributed by atoms with Crippen LogP contribution in [0, 0.1) is 17.5 Å². The predicted molar refractivity (Wildman–Crippen MR) is 113 cm³/mol. The van der Waals surface area contributed by atoms with Gasteiger partial charge in [-0.1, -0.05) is 6.07 Å². The summed E-state index contributed by atoms with van der Waals surface area (Å²) in [5, 5.41) is 0. The van der Waals surface area contributed by atoms with Gasteiger partial charge in [0.05, 0.1) is 17.9 Å². The van der Waals surface area contributed by atoms with E-state index in [-0.39, 0.29) is 30.0 Å². The van der Waals surface area contributed by atoms with Crippen LogP contribution in [-0.2, 0) is 13.6 Å². The molecule has 0 aliphatic carbocycles. The van der Waals surface area contributed by atoms with Crippen LogP contribution in [0.5, 0.6) is 0 Å². The van der Waals surface area contributed by atoms with E-state index in [1.807, 2.05) is 0 Å². The third kappa shape index (κ3) is 4.09. The second-order valence-corrected chi connectivity index (χ2v) is 7.23. The third-order valence-electron chi connectivity index (χ3n) is 5.04. The number of nitrogens with zero attached hydrogens (tertiary/aromatic N) is 3. The van der Waals surface area contributed by atoms with Crippen molar-refractivity contribution in [3.8, 4) is 0 Å². The van der Waals surface area contributed by atoms with Gasteiger partial charge in [-0.2, -0.15) is 0 Å². The van der Waals surface area contributed by atoms with Gasteiger partial charge in [-0.15, -0.1) is 0 Å². The van der Waals surface area contributed by atoms with E-state index in [1.165, 1.54) is 41.0 Å². The summed E-state index contributed by atoms with van der Waals surface area (Å²) in [6.07, 6.45) is 1.61. The first-order chi connectivity index (χ1) is 14.8. The Kier molecular flexibility index (Phi) is 5.37. The molecule has 31 heavy (non-hydrogen) atoms. The first-order valence-electron chi connectivity index (χ1n) is 9.51. The fourth-order valence-corrected chi connectivity index (χ4v) is 3.53. The summed E-state index contributed by atoms with van der Waals surface area (Å²) in [4.78, 5) is 18.1. The Hall–Kier alpha value is -3.81. The molecule has 1 aromatic heterocycles. The Labute approximate surface area is 176 Å². The third-order valence-corrected chi connectivity index (χ3v) is 5.04. The maximum absolute atomic E-state index is 14.4. The lowest BCUT2D eigenvalue weighted by molar-refractivity contribution is 0.411. The topological polar surface area (TPSA) is 63.6 Å². The molecule has 0 spiro atoms. The van der Waals surface area contributed by atoms with Crippen molar-refractivity contribution in [1.82, 2.24) is 9.47 Å². The van der Waals surface area contributed by atoms with E-state index in [0.717, 1.165) is 0 Å². The minimum absolute atomic E-state index is 0.113. The van der Waals surface area contributed by atoms with Crippen LogP contribution in [-0.4, -0.2) is 21.8 Å². The lowest BCUT2D eigenvalue weighted by Crippen LogP contribution is -2.36. The van der Waals surface area contributed by atoms with Crippen molar-refractivity contribution in [2.24, 2.45) is 17.8 Å². The second kappa shape index (κ2) is 8.14. The molecule has 1 aliphatic heterocycles. The Morgan fingerprint density at radius 3 is 2.26 bits per heavy atom. The quantitative estimate of drug-likeness (QED) is 0.697. The molecule has 3 aromatic rings. The molecule has 0 amide bonds. The van der Waals surface area contributed by atoms with E-state index in [2.05, 4.69) is 4.99 Å². The standard InChI is InChI=1S/C23H19F3N4O/c1-29-11-15(7-10-21(29)31)23-22(14-5-8-16(24)9-6-14)28-20(27)13-30(23)12-17-18(25)3-2-4-19(17)26/h2-11H,12-13H2,1H3,(H2,27,28). The van der Waals surface area contributed by atoms with Crippen LogP contribution in [0.2, 0.25) is 0 Å². The fourth-order valence-electron chi connectivity index (χ4n) is 3.53. The molecule has 1 aliphatic rings. The van der Waals surface area contributed by atoms with E-state index in [9.17, 15) is 18.0 Å². The van der Waals surface area contributed by atoms with Gasteiger partial charge in [-0.25, -0.2) is 18.2 Å². The molecule has 4 rings (SSSR count). The van der Waals surface area contributed by atoms with Gasteiger partial charge in [0.15, 0.2) is 0 Å². The van der Waals surface area contributed by atoms with Gasteiger partial charge in [0.1, 0.15) is 23.3 Å². The zero-order valence-electron chi connectivity index (χ0n) is 16.6. The molecule has 2 heterocycles. The number of benzene rings is 2. The average Bonchev–Trinajstić information content (AvgIpc) is 2.73. The normalized spacial score (nSPS) is 14.1. The van der Waals surface area contributed by atoms with Gasteiger partial charge in [-0.3, -0.25) is 4.79 Å². The van der Waals surface area contributed by atoms with Crippen molar-refractivity contribution < 1.29 is 13.2 Å². The molecule has 8 heteroatoms. The lowest BCUT2D eigenvalue weighted by atomic mass is 10.0. The number of aliphatic imine (C=N–C) groups is 1. The predicted octanol–water partition coefficient (Wildman–Crippen LogP) is 3.50. The molecule has 0 fully saturated rings. The first-order valence-corrected chi connectivity index (χ1v) is 9.51. The van der Waals surface area contributed by atoms with E-state index in [0.29, 0.717) is 22.5 Å². The first kappa shape index (κ1) is 20.5. The zero-order chi connectivity index (χ0) is 22.1. The van der Waals surface area contributed by atoms with Gasteiger partial charge >= 0.3 is 0 Å². The van der Waals surface area contributed by atoms with Crippen LogP contribution < -0.4 is 11.3 Å². The number of halogens is 3. The van der Waals surface area contributed by atoms with Crippen molar-refractivity contribution in [3.63, 3.8) is 0 Å². The highest BCUT2D eigenvalue weighted by atomic mass is 19.1. The summed E-state index contributed by atoms with van der Waals surface area (Å²) in [5.74, 6) is -1.52. The maximum atomic E-state index is 14.4. The number of aryl methyl sites for hydroxylation is 1. The number of hydrogen-bond acceptors (Lipinski definition) is 4. The Morgan fingerprint density at radius 2 is 1.61 bits per heavy atom. The number of pyridine rings is 1. The SMILES string of the molecule is Cn1cc(C2=C(c3ccc(F)cc3)N=C(N)CN2Cc2c(F)cccc2F)ccc1=O. The monoisotopic (exact) mass is 424 g/mol. The number of nitrogens with two attached hydrogens (primary N) is 1. The van der Waals surface area contributed by atoms with Crippen LogP contribution in [0.15, 0.2) is 70.6 Å². The molecule has 5 nitrogen and oxygen atoms in total. The molecule has 0 saturated heterocycles. The molecule has 0 unspecified atom stereocenters. The maximum Gasteiger partial charge on any atom is 0.250 e. The van der Waals surface area contributed by atoms with Crippen LogP contribution in [0.25, 0.3) is 11.4 Å². The molecule has 158 valence electrons. The van der Waals surface area contributed by atoms with Gasteiger partial charge in [-0.05, 0) is 42.5 Å². The van der Waals surface area contributed by atoms with Gasteiger partial charge < -0.3 is 15.2 Å². The zero-order valence-corrected chi connectivity index (χ0v) is 16.6. The van der Waals surface area contributed by atoms with Gasteiger partial charge in [0.25, 0.3) is 0 Å². The second-order valence-electron chi connectivity index (χ2n) is 7.23. The van der Waals surface area contributed by atoms with Crippen LogP contribution in [0.3, 0.4) is 0 Å². The van der Waals surface area contributed by atoms with E-state index in [1.54, 1.807) is 36.3 Å². The number of aromatic nitrogens is 1. The van der Waals surface area contributed by atoms with Gasteiger partial charge in [0, 0.05) is 42.5 Å². The Morgan fingerprint density at radius 1 is 0.968 bits per heavy atom. The minimum atomic E-state index is -0.677. The number of amidine groups is 1. The van der Waals surface area contributed by atoms with Crippen molar-refractivity contribution in [3.05, 3.63) is 105 Å². The summed E-state index contributed by atoms with van der Waals surface area (Å²) < 4.78 is 43.7. The molecule has 0 bridgehead atoms. The highest BCUT2D eigenvalue weighted by Crippen LogP contribution is 2.34. The molecule has 2 N–H and O–H groups in total. The summed E-state index contributed by atoms with van der Waals surface area (Å²) in [5.41, 5.74) is 7.87. The van der Waals surface area contributed by atoms with Crippen LogP contribution >= 0.6 is 0 Å². The molecule has 0 radical (unpaired) electrons. The minimum Gasteiger partial charge on any atom is -0.386 e. The largest absolute Gasteiger partial charge is 0.386 e. The molecule has 2 aromatic carbocycles. The Bertz CT molecular complexity index is 1240.